The minimum Gasteiger partial charge on any atom is -0.330 e. The van der Waals surface area contributed by atoms with E-state index in [1.54, 1.807) is 22.8 Å². The molecule has 2 aromatic heterocycles. The van der Waals surface area contributed by atoms with Gasteiger partial charge in [-0.3, -0.25) is 4.79 Å². The number of amides is 1. The van der Waals surface area contributed by atoms with E-state index in [2.05, 4.69) is 5.10 Å². The van der Waals surface area contributed by atoms with Crippen molar-refractivity contribution in [1.82, 2.24) is 14.5 Å². The van der Waals surface area contributed by atoms with Crippen molar-refractivity contribution in [3.8, 4) is 0 Å². The van der Waals surface area contributed by atoms with Gasteiger partial charge < -0.3 is 4.90 Å². The van der Waals surface area contributed by atoms with Crippen molar-refractivity contribution >= 4 is 46.2 Å². The van der Waals surface area contributed by atoms with E-state index in [4.69, 9.17) is 34.8 Å². The van der Waals surface area contributed by atoms with Gasteiger partial charge in [0, 0.05) is 12.7 Å². The van der Waals surface area contributed by atoms with Crippen LogP contribution in [-0.4, -0.2) is 27.0 Å². The topological polar surface area (TPSA) is 37.6 Å². The third-order valence-electron chi connectivity index (χ3n) is 4.63. The van der Waals surface area contributed by atoms with Gasteiger partial charge in [0.2, 0.25) is 0 Å². The molecule has 25 heavy (non-hydrogen) atoms. The lowest BCUT2D eigenvalue weighted by Gasteiger charge is -2.35. The number of pyridine rings is 1. The fourth-order valence-corrected chi connectivity index (χ4v) is 3.82. The predicted octanol–water partition coefficient (Wildman–Crippen LogP) is 5.05. The van der Waals surface area contributed by atoms with Crippen LogP contribution in [0.25, 0.3) is 5.52 Å². The van der Waals surface area contributed by atoms with E-state index in [1.807, 2.05) is 30.0 Å². The number of hydrogen-bond donors (Lipinski definition) is 0. The Hall–Kier alpha value is -1.75. The summed E-state index contributed by atoms with van der Waals surface area (Å²) in [6.45, 7) is 2.60. The number of aromatic nitrogens is 2. The number of nitrogens with zero attached hydrogens (tertiary/aromatic N) is 3. The molecule has 1 aliphatic heterocycles. The second kappa shape index (κ2) is 6.20. The van der Waals surface area contributed by atoms with Crippen molar-refractivity contribution in [1.29, 1.82) is 0 Å². The van der Waals surface area contributed by atoms with Crippen molar-refractivity contribution in [3.05, 3.63) is 68.4 Å². The van der Waals surface area contributed by atoms with Crippen LogP contribution >= 0.6 is 34.8 Å². The van der Waals surface area contributed by atoms with Gasteiger partial charge in [0.25, 0.3) is 5.91 Å². The Morgan fingerprint density at radius 3 is 2.72 bits per heavy atom. The van der Waals surface area contributed by atoms with E-state index >= 15 is 0 Å². The largest absolute Gasteiger partial charge is 0.330 e. The molecule has 4 rings (SSSR count). The third-order valence-corrected chi connectivity index (χ3v) is 5.57. The number of carbonyl (C=O) groups excluding carboxylic acids is 1. The molecule has 0 aliphatic carbocycles. The van der Waals surface area contributed by atoms with Gasteiger partial charge in [-0.25, -0.2) is 4.52 Å². The van der Waals surface area contributed by atoms with E-state index in [1.165, 1.54) is 0 Å². The highest BCUT2D eigenvalue weighted by molar-refractivity contribution is 6.42. The Bertz CT molecular complexity index is 999. The Morgan fingerprint density at radius 2 is 1.92 bits per heavy atom. The van der Waals surface area contributed by atoms with E-state index in [0.29, 0.717) is 27.3 Å². The van der Waals surface area contributed by atoms with Gasteiger partial charge in [-0.05, 0) is 54.8 Å². The quantitative estimate of drug-likeness (QED) is 0.579. The van der Waals surface area contributed by atoms with Crippen LogP contribution in [0.15, 0.2) is 36.5 Å². The van der Waals surface area contributed by atoms with Gasteiger partial charge in [-0.15, -0.1) is 0 Å². The van der Waals surface area contributed by atoms with E-state index < -0.39 is 0 Å². The maximum absolute atomic E-state index is 13.0. The Labute approximate surface area is 159 Å². The summed E-state index contributed by atoms with van der Waals surface area (Å²) in [7, 11) is 0. The number of halogens is 3. The highest BCUT2D eigenvalue weighted by Gasteiger charge is 2.30. The second-order valence-corrected chi connectivity index (χ2v) is 7.39. The molecule has 3 aromatic rings. The van der Waals surface area contributed by atoms with E-state index in [9.17, 15) is 4.79 Å². The van der Waals surface area contributed by atoms with Crippen LogP contribution in [0.5, 0.6) is 0 Å². The summed E-state index contributed by atoms with van der Waals surface area (Å²) < 4.78 is 1.62. The Morgan fingerprint density at radius 1 is 1.16 bits per heavy atom. The first-order chi connectivity index (χ1) is 11.9. The zero-order chi connectivity index (χ0) is 17.7. The Kier molecular flexibility index (Phi) is 4.14. The molecule has 1 amide bonds. The van der Waals surface area contributed by atoms with Gasteiger partial charge in [-0.2, -0.15) is 5.10 Å². The summed E-state index contributed by atoms with van der Waals surface area (Å²) in [6.07, 6.45) is 2.42. The molecule has 0 spiro atoms. The van der Waals surface area contributed by atoms with Crippen LogP contribution in [0.4, 0.5) is 0 Å². The maximum atomic E-state index is 13.0. The first-order valence-electron chi connectivity index (χ1n) is 7.88. The summed E-state index contributed by atoms with van der Waals surface area (Å²) in [5.41, 5.74) is 3.39. The third kappa shape index (κ3) is 2.88. The molecule has 128 valence electrons. The van der Waals surface area contributed by atoms with Crippen molar-refractivity contribution in [2.24, 2.45) is 0 Å². The van der Waals surface area contributed by atoms with Gasteiger partial charge in [-0.1, -0.05) is 34.8 Å². The number of benzene rings is 1. The normalized spacial score (nSPS) is 17.0. The van der Waals surface area contributed by atoms with Crippen molar-refractivity contribution in [2.45, 2.75) is 19.4 Å². The number of carbonyl (C=O) groups is 1. The zero-order valence-corrected chi connectivity index (χ0v) is 15.6. The fourth-order valence-electron chi connectivity index (χ4n) is 3.30. The van der Waals surface area contributed by atoms with Gasteiger partial charge in [0.15, 0.2) is 5.69 Å². The molecule has 0 saturated heterocycles. The molecule has 0 bridgehead atoms. The van der Waals surface area contributed by atoms with Crippen molar-refractivity contribution in [3.63, 3.8) is 0 Å². The monoisotopic (exact) mass is 393 g/mol. The predicted molar refractivity (Wildman–Crippen MR) is 99.8 cm³/mol. The fraction of sp³-hybridized carbons (Fsp3) is 0.222. The molecular formula is C18H14Cl3N3O. The molecule has 7 heteroatoms. The minimum absolute atomic E-state index is 0.0978. The molecule has 3 heterocycles. The summed E-state index contributed by atoms with van der Waals surface area (Å²) in [5.74, 6) is -0.107. The van der Waals surface area contributed by atoms with Crippen molar-refractivity contribution < 1.29 is 4.79 Å². The van der Waals surface area contributed by atoms with Gasteiger partial charge in [0.05, 0.1) is 26.6 Å². The molecule has 4 nitrogen and oxygen atoms in total. The van der Waals surface area contributed by atoms with Crippen LogP contribution in [0.1, 0.15) is 34.6 Å². The number of rotatable bonds is 1. The second-order valence-electron chi connectivity index (χ2n) is 6.14. The number of hydrogen-bond acceptors (Lipinski definition) is 2. The lowest BCUT2D eigenvalue weighted by atomic mass is 9.93. The first-order valence-corrected chi connectivity index (χ1v) is 9.01. The lowest BCUT2D eigenvalue weighted by molar-refractivity contribution is 0.0671. The van der Waals surface area contributed by atoms with Crippen LogP contribution in [0.2, 0.25) is 15.1 Å². The van der Waals surface area contributed by atoms with Crippen LogP contribution < -0.4 is 0 Å². The van der Waals surface area contributed by atoms with Crippen LogP contribution in [0, 0.1) is 0 Å². The standard InChI is InChI=1S/C18H14Cl3N3O/c1-10-14-8-16(21)15(20)6-11(14)4-5-23(10)18(25)17-7-13-3-2-12(19)9-24(13)22-17/h2-3,6-10H,4-5H2,1H3. The first kappa shape index (κ1) is 16.7. The van der Waals surface area contributed by atoms with Gasteiger partial charge in [0.1, 0.15) is 0 Å². The highest BCUT2D eigenvalue weighted by atomic mass is 35.5. The maximum Gasteiger partial charge on any atom is 0.274 e. The molecule has 1 aromatic carbocycles. The molecule has 0 N–H and O–H groups in total. The van der Waals surface area contributed by atoms with Gasteiger partial charge >= 0.3 is 0 Å². The average Bonchev–Trinajstić information content (AvgIpc) is 2.99. The minimum atomic E-state index is -0.107. The smallest absolute Gasteiger partial charge is 0.274 e. The number of fused-ring (bicyclic) bond motifs is 2. The summed E-state index contributed by atoms with van der Waals surface area (Å²) in [4.78, 5) is 14.8. The average molecular weight is 395 g/mol. The van der Waals surface area contributed by atoms with E-state index in [0.717, 1.165) is 23.1 Å². The lowest BCUT2D eigenvalue weighted by Crippen LogP contribution is -2.39. The van der Waals surface area contributed by atoms with Crippen molar-refractivity contribution in [2.75, 3.05) is 6.54 Å². The molecular weight excluding hydrogens is 381 g/mol. The summed E-state index contributed by atoms with van der Waals surface area (Å²) in [6, 6.07) is 9.04. The van der Waals surface area contributed by atoms with E-state index in [-0.39, 0.29) is 11.9 Å². The van der Waals surface area contributed by atoms with Crippen LogP contribution in [0.3, 0.4) is 0 Å². The molecule has 1 unspecified atom stereocenters. The molecule has 1 atom stereocenters. The zero-order valence-electron chi connectivity index (χ0n) is 13.3. The summed E-state index contributed by atoms with van der Waals surface area (Å²) >= 11 is 18.3. The van der Waals surface area contributed by atoms with Crippen LogP contribution in [-0.2, 0) is 6.42 Å². The SMILES string of the molecule is CC1c2cc(Cl)c(Cl)cc2CCN1C(=O)c1cc2ccc(Cl)cn2n1. The molecule has 0 radical (unpaired) electrons. The Balaban J connectivity index is 1.68. The molecule has 0 fully saturated rings. The summed E-state index contributed by atoms with van der Waals surface area (Å²) in [5, 5.41) is 5.98. The molecule has 1 aliphatic rings. The highest BCUT2D eigenvalue weighted by Crippen LogP contribution is 2.35. The molecule has 0 saturated carbocycles.